The molecule has 0 radical (unpaired) electrons. The number of aromatic hydroxyl groups is 2. The van der Waals surface area contributed by atoms with Crippen LogP contribution in [-0.4, -0.2) is 15.5 Å². The highest BCUT2D eigenvalue weighted by molar-refractivity contribution is 5.92. The van der Waals surface area contributed by atoms with E-state index >= 15 is 0 Å². The molecule has 1 aromatic carbocycles. The lowest BCUT2D eigenvalue weighted by Gasteiger charge is -2.12. The number of hydrogen-bond acceptors (Lipinski definition) is 6. The number of allylic oxidation sites excluding steroid dienone is 6. The molecule has 0 bridgehead atoms. The normalized spacial score (nSPS) is 12.2. The molecule has 31 heavy (non-hydrogen) atoms. The Morgan fingerprint density at radius 1 is 1.03 bits per heavy atom. The van der Waals surface area contributed by atoms with Crippen LogP contribution in [0.4, 0.5) is 0 Å². The van der Waals surface area contributed by atoms with Crippen LogP contribution in [0, 0.1) is 0 Å². The predicted molar refractivity (Wildman–Crippen MR) is 122 cm³/mol. The number of hydrogen-bond donors (Lipinski definition) is 3. The summed E-state index contributed by atoms with van der Waals surface area (Å²) in [5.41, 5.74) is 4.55. The van der Waals surface area contributed by atoms with Crippen LogP contribution in [0.2, 0.25) is 0 Å². The predicted octanol–water partition coefficient (Wildman–Crippen LogP) is 7.15. The monoisotopic (exact) mass is 428 g/mol. The van der Waals surface area contributed by atoms with E-state index in [-0.39, 0.29) is 34.2 Å². The Kier molecular flexibility index (Phi) is 8.82. The lowest BCUT2D eigenvalue weighted by Crippen LogP contribution is -2.00. The number of furan rings is 1. The van der Waals surface area contributed by atoms with Crippen molar-refractivity contribution in [3.05, 3.63) is 65.4 Å². The van der Waals surface area contributed by atoms with Crippen LogP contribution in [-0.2, 0) is 11.3 Å². The van der Waals surface area contributed by atoms with E-state index in [2.05, 4.69) is 44.4 Å². The van der Waals surface area contributed by atoms with Gasteiger partial charge in [0.05, 0.1) is 0 Å². The third-order valence-corrected chi connectivity index (χ3v) is 4.99. The highest BCUT2D eigenvalue weighted by Gasteiger charge is 2.19. The summed E-state index contributed by atoms with van der Waals surface area (Å²) in [7, 11) is 0. The molecule has 3 N–H and O–H groups in total. The second-order valence-corrected chi connectivity index (χ2v) is 7.93. The molecule has 0 aliphatic rings. The molecule has 0 saturated carbocycles. The van der Waals surface area contributed by atoms with Gasteiger partial charge in [-0.3, -0.25) is 0 Å². The van der Waals surface area contributed by atoms with E-state index < -0.39 is 0 Å². The molecular weight excluding hydrogens is 396 g/mol. The number of phenols is 1. The number of ether oxygens (including phenoxy) is 1. The molecule has 6 heteroatoms. The minimum Gasteiger partial charge on any atom is -0.507 e. The van der Waals surface area contributed by atoms with Crippen LogP contribution in [0.1, 0.15) is 58.9 Å². The fourth-order valence-corrected chi connectivity index (χ4v) is 3.23. The standard InChI is InChI=1S/C25H32O6/c1-16(2)8-6-9-17(3)10-7-11-18(4)12-13-20-22(30-19(5)31-28)14-23-24(25(20)27)21(26)15-29-23/h8,10,12,14-15,26-28H,5-7,9,11,13H2,1-4H3. The van der Waals surface area contributed by atoms with Crippen molar-refractivity contribution < 1.29 is 29.5 Å². The molecule has 1 heterocycles. The molecule has 0 amide bonds. The first-order chi connectivity index (χ1) is 14.7. The van der Waals surface area contributed by atoms with E-state index in [0.29, 0.717) is 12.0 Å². The Morgan fingerprint density at radius 2 is 1.68 bits per heavy atom. The van der Waals surface area contributed by atoms with Gasteiger partial charge in [-0.15, -0.1) is 0 Å². The lowest BCUT2D eigenvalue weighted by atomic mass is 10.0. The molecule has 0 aliphatic carbocycles. The summed E-state index contributed by atoms with van der Waals surface area (Å²) >= 11 is 0. The molecule has 0 saturated heterocycles. The molecule has 6 nitrogen and oxygen atoms in total. The topological polar surface area (TPSA) is 92.3 Å². The Bertz CT molecular complexity index is 1000. The summed E-state index contributed by atoms with van der Waals surface area (Å²) in [5.74, 6) is -0.432. The first-order valence-corrected chi connectivity index (χ1v) is 10.3. The van der Waals surface area contributed by atoms with Gasteiger partial charge in [-0.2, -0.15) is 5.26 Å². The Balaban J connectivity index is 2.12. The number of fused-ring (bicyclic) bond motifs is 1. The third kappa shape index (κ3) is 6.96. The van der Waals surface area contributed by atoms with Crippen molar-refractivity contribution in [2.45, 2.75) is 59.8 Å². The minimum atomic E-state index is -0.342. The van der Waals surface area contributed by atoms with Crippen molar-refractivity contribution in [2.24, 2.45) is 0 Å². The minimum absolute atomic E-state index is 0.149. The van der Waals surface area contributed by atoms with Gasteiger partial charge >= 0.3 is 5.95 Å². The first kappa shape index (κ1) is 24.2. The largest absolute Gasteiger partial charge is 0.507 e. The van der Waals surface area contributed by atoms with Crippen molar-refractivity contribution in [2.75, 3.05) is 0 Å². The summed E-state index contributed by atoms with van der Waals surface area (Å²) in [4.78, 5) is 4.00. The maximum absolute atomic E-state index is 10.7. The molecule has 2 rings (SSSR count). The SMILES string of the molecule is C=C(OO)Oc1cc2occ(O)c2c(O)c1CC=C(C)CCC=C(C)CCC=C(C)C. The molecule has 2 aromatic rings. The maximum atomic E-state index is 10.7. The molecule has 0 fully saturated rings. The highest BCUT2D eigenvalue weighted by Crippen LogP contribution is 2.42. The Morgan fingerprint density at radius 3 is 2.32 bits per heavy atom. The summed E-state index contributed by atoms with van der Waals surface area (Å²) in [6, 6.07) is 1.51. The first-order valence-electron chi connectivity index (χ1n) is 10.3. The van der Waals surface area contributed by atoms with E-state index in [1.165, 1.54) is 17.2 Å². The van der Waals surface area contributed by atoms with E-state index in [0.717, 1.165) is 37.5 Å². The average Bonchev–Trinajstić information content (AvgIpc) is 3.08. The van der Waals surface area contributed by atoms with Crippen LogP contribution in [0.5, 0.6) is 17.2 Å². The van der Waals surface area contributed by atoms with Gasteiger partial charge in [0.15, 0.2) is 5.75 Å². The van der Waals surface area contributed by atoms with E-state index in [4.69, 9.17) is 14.4 Å². The van der Waals surface area contributed by atoms with Crippen LogP contribution in [0.15, 0.2) is 64.2 Å². The van der Waals surface area contributed by atoms with Crippen LogP contribution in [0.3, 0.4) is 0 Å². The molecule has 0 spiro atoms. The zero-order valence-corrected chi connectivity index (χ0v) is 18.7. The molecule has 168 valence electrons. The Hall–Kier alpha value is -3.12. The smallest absolute Gasteiger partial charge is 0.314 e. The molecule has 0 atom stereocenters. The van der Waals surface area contributed by atoms with Gasteiger partial charge in [-0.1, -0.05) is 34.9 Å². The third-order valence-electron chi connectivity index (χ3n) is 4.99. The van der Waals surface area contributed by atoms with E-state index in [1.807, 2.05) is 13.0 Å². The average molecular weight is 429 g/mol. The zero-order valence-electron chi connectivity index (χ0n) is 18.7. The summed E-state index contributed by atoms with van der Waals surface area (Å²) in [6.07, 6.45) is 12.0. The highest BCUT2D eigenvalue weighted by atomic mass is 17.1. The molecule has 1 aromatic heterocycles. The maximum Gasteiger partial charge on any atom is 0.314 e. The number of phenolic OH excluding ortho intramolecular Hbond substituents is 1. The second-order valence-electron chi connectivity index (χ2n) is 7.93. The summed E-state index contributed by atoms with van der Waals surface area (Å²) < 4.78 is 10.6. The van der Waals surface area contributed by atoms with Crippen molar-refractivity contribution in [1.29, 1.82) is 0 Å². The summed E-state index contributed by atoms with van der Waals surface area (Å²) in [6.45, 7) is 11.8. The van der Waals surface area contributed by atoms with Crippen molar-refractivity contribution in [3.63, 3.8) is 0 Å². The van der Waals surface area contributed by atoms with E-state index in [1.54, 1.807) is 0 Å². The lowest BCUT2D eigenvalue weighted by molar-refractivity contribution is -0.230. The zero-order chi connectivity index (χ0) is 23.0. The van der Waals surface area contributed by atoms with Gasteiger partial charge < -0.3 is 24.3 Å². The van der Waals surface area contributed by atoms with Crippen LogP contribution >= 0.6 is 0 Å². The van der Waals surface area contributed by atoms with Crippen molar-refractivity contribution in [1.82, 2.24) is 0 Å². The fourth-order valence-electron chi connectivity index (χ4n) is 3.23. The van der Waals surface area contributed by atoms with Crippen molar-refractivity contribution >= 4 is 11.0 Å². The number of rotatable bonds is 11. The van der Waals surface area contributed by atoms with Gasteiger partial charge in [0.1, 0.15) is 28.7 Å². The number of benzene rings is 1. The second kappa shape index (κ2) is 11.3. The summed E-state index contributed by atoms with van der Waals surface area (Å²) in [5, 5.41) is 29.6. The van der Waals surface area contributed by atoms with Gasteiger partial charge in [0, 0.05) is 11.6 Å². The fraction of sp³-hybridized carbons (Fsp3) is 0.360. The Labute approximate surface area is 183 Å². The van der Waals surface area contributed by atoms with Gasteiger partial charge in [0.2, 0.25) is 0 Å². The van der Waals surface area contributed by atoms with Gasteiger partial charge in [-0.25, -0.2) is 0 Å². The van der Waals surface area contributed by atoms with E-state index in [9.17, 15) is 10.2 Å². The van der Waals surface area contributed by atoms with Crippen LogP contribution < -0.4 is 4.74 Å². The van der Waals surface area contributed by atoms with Gasteiger partial charge in [0.25, 0.3) is 0 Å². The molecular formula is C25H32O6. The van der Waals surface area contributed by atoms with Gasteiger partial charge in [-0.05, 0) is 66.4 Å². The van der Waals surface area contributed by atoms with Crippen LogP contribution in [0.25, 0.3) is 11.0 Å². The molecule has 0 unspecified atom stereocenters. The molecule has 0 aliphatic heterocycles. The van der Waals surface area contributed by atoms with Crippen molar-refractivity contribution in [3.8, 4) is 17.2 Å². The quantitative estimate of drug-likeness (QED) is 0.152.